The fourth-order valence-electron chi connectivity index (χ4n) is 2.16. The molecule has 1 aromatic rings. The first-order chi connectivity index (χ1) is 9.32. The average Bonchev–Trinajstić information content (AvgIpc) is 2.36. The van der Waals surface area contributed by atoms with Gasteiger partial charge < -0.3 is 10.4 Å². The van der Waals surface area contributed by atoms with Gasteiger partial charge in [-0.05, 0) is 45.9 Å². The number of carbonyl (C=O) groups is 1. The molecule has 0 unspecified atom stereocenters. The van der Waals surface area contributed by atoms with Gasteiger partial charge in [-0.15, -0.1) is 0 Å². The normalized spacial score (nSPS) is 11.4. The number of nitrogens with one attached hydrogen (secondary N) is 1. The third kappa shape index (κ3) is 4.69. The summed E-state index contributed by atoms with van der Waals surface area (Å²) >= 11 is 5.79. The van der Waals surface area contributed by atoms with E-state index in [0.29, 0.717) is 24.2 Å². The Labute approximate surface area is 125 Å². The van der Waals surface area contributed by atoms with Crippen molar-refractivity contribution in [2.75, 3.05) is 13.1 Å². The van der Waals surface area contributed by atoms with Crippen molar-refractivity contribution >= 4 is 17.5 Å². The number of rotatable bonds is 6. The molecular weight excluding hydrogens is 276 g/mol. The van der Waals surface area contributed by atoms with Crippen molar-refractivity contribution in [1.29, 1.82) is 0 Å². The zero-order valence-corrected chi connectivity index (χ0v) is 13.2. The number of carbonyl (C=O) groups excluding carboxylic acids is 1. The van der Waals surface area contributed by atoms with E-state index >= 15 is 0 Å². The standard InChI is InChI=1S/C15H23ClN2O2/c1-10(2)18(11(3)4)8-7-17-15(20)12-5-6-14(19)13(16)9-12/h5-6,9-11,19H,7-8H2,1-4H3,(H,17,20). The highest BCUT2D eigenvalue weighted by Crippen LogP contribution is 2.23. The van der Waals surface area contributed by atoms with Crippen LogP contribution in [0.2, 0.25) is 5.02 Å². The molecule has 0 aliphatic carbocycles. The zero-order chi connectivity index (χ0) is 15.3. The number of benzene rings is 1. The van der Waals surface area contributed by atoms with Crippen molar-refractivity contribution < 1.29 is 9.90 Å². The van der Waals surface area contributed by atoms with Crippen LogP contribution in [0.1, 0.15) is 38.1 Å². The van der Waals surface area contributed by atoms with Gasteiger partial charge in [0, 0.05) is 30.7 Å². The summed E-state index contributed by atoms with van der Waals surface area (Å²) in [6, 6.07) is 5.32. The lowest BCUT2D eigenvalue weighted by molar-refractivity contribution is 0.0939. The van der Waals surface area contributed by atoms with Gasteiger partial charge in [0.15, 0.2) is 0 Å². The van der Waals surface area contributed by atoms with Gasteiger partial charge >= 0.3 is 0 Å². The number of nitrogens with zero attached hydrogens (tertiary/aromatic N) is 1. The Kier molecular flexibility index (Phi) is 6.30. The Morgan fingerprint density at radius 1 is 1.30 bits per heavy atom. The molecule has 0 aliphatic rings. The molecular formula is C15H23ClN2O2. The Balaban J connectivity index is 2.53. The molecule has 0 bridgehead atoms. The van der Waals surface area contributed by atoms with Crippen molar-refractivity contribution in [3.63, 3.8) is 0 Å². The van der Waals surface area contributed by atoms with E-state index in [1.54, 1.807) is 6.07 Å². The molecule has 0 fully saturated rings. The van der Waals surface area contributed by atoms with Crippen LogP contribution in [0.25, 0.3) is 0 Å². The van der Waals surface area contributed by atoms with E-state index in [9.17, 15) is 9.90 Å². The van der Waals surface area contributed by atoms with Gasteiger partial charge in [-0.2, -0.15) is 0 Å². The minimum absolute atomic E-state index is 0.0194. The molecule has 0 saturated carbocycles. The fourth-order valence-corrected chi connectivity index (χ4v) is 2.34. The Bertz CT molecular complexity index is 453. The van der Waals surface area contributed by atoms with Gasteiger partial charge in [-0.1, -0.05) is 11.6 Å². The van der Waals surface area contributed by atoms with Crippen LogP contribution < -0.4 is 5.32 Å². The molecule has 1 amide bonds. The Morgan fingerprint density at radius 2 is 1.90 bits per heavy atom. The Hall–Kier alpha value is -1.26. The van der Waals surface area contributed by atoms with E-state index in [0.717, 1.165) is 6.54 Å². The van der Waals surface area contributed by atoms with Crippen LogP contribution in [0.5, 0.6) is 5.75 Å². The van der Waals surface area contributed by atoms with E-state index in [1.165, 1.54) is 12.1 Å². The Morgan fingerprint density at radius 3 is 2.40 bits per heavy atom. The summed E-state index contributed by atoms with van der Waals surface area (Å²) in [5, 5.41) is 12.4. The van der Waals surface area contributed by atoms with Gasteiger partial charge in [-0.25, -0.2) is 0 Å². The van der Waals surface area contributed by atoms with E-state index in [2.05, 4.69) is 37.9 Å². The summed E-state index contributed by atoms with van der Waals surface area (Å²) in [4.78, 5) is 14.3. The average molecular weight is 299 g/mol. The van der Waals surface area contributed by atoms with Crippen molar-refractivity contribution in [2.24, 2.45) is 0 Å². The van der Waals surface area contributed by atoms with E-state index < -0.39 is 0 Å². The highest BCUT2D eigenvalue weighted by Gasteiger charge is 2.13. The molecule has 20 heavy (non-hydrogen) atoms. The second kappa shape index (κ2) is 7.50. The first-order valence-electron chi connectivity index (χ1n) is 6.85. The molecule has 0 atom stereocenters. The van der Waals surface area contributed by atoms with Crippen LogP contribution in [0.15, 0.2) is 18.2 Å². The van der Waals surface area contributed by atoms with E-state index in [1.807, 2.05) is 0 Å². The monoisotopic (exact) mass is 298 g/mol. The number of hydrogen-bond acceptors (Lipinski definition) is 3. The molecule has 0 aromatic heterocycles. The summed E-state index contributed by atoms with van der Waals surface area (Å²) in [5.74, 6) is -0.201. The first kappa shape index (κ1) is 16.8. The lowest BCUT2D eigenvalue weighted by Gasteiger charge is -2.30. The number of aromatic hydroxyl groups is 1. The number of halogens is 1. The molecule has 0 radical (unpaired) electrons. The molecule has 0 heterocycles. The van der Waals surface area contributed by atoms with Gasteiger partial charge in [0.05, 0.1) is 5.02 Å². The fraction of sp³-hybridized carbons (Fsp3) is 0.533. The summed E-state index contributed by atoms with van der Waals surface area (Å²) in [7, 11) is 0. The van der Waals surface area contributed by atoms with E-state index in [-0.39, 0.29) is 16.7 Å². The first-order valence-corrected chi connectivity index (χ1v) is 7.23. The van der Waals surface area contributed by atoms with Crippen LogP contribution in [0.3, 0.4) is 0 Å². The van der Waals surface area contributed by atoms with E-state index in [4.69, 9.17) is 11.6 Å². The summed E-state index contributed by atoms with van der Waals surface area (Å²) in [6.07, 6.45) is 0. The lowest BCUT2D eigenvalue weighted by Crippen LogP contribution is -2.42. The van der Waals surface area contributed by atoms with Crippen LogP contribution in [0, 0.1) is 0 Å². The molecule has 112 valence electrons. The molecule has 1 aromatic carbocycles. The maximum atomic E-state index is 12.0. The van der Waals surface area contributed by atoms with Gasteiger partial charge in [-0.3, -0.25) is 9.69 Å². The number of phenolic OH excluding ortho intramolecular Hbond substituents is 1. The van der Waals surface area contributed by atoms with Crippen molar-refractivity contribution in [2.45, 2.75) is 39.8 Å². The third-order valence-electron chi connectivity index (χ3n) is 3.19. The minimum atomic E-state index is -0.181. The molecule has 1 rings (SSSR count). The van der Waals surface area contributed by atoms with Crippen molar-refractivity contribution in [3.05, 3.63) is 28.8 Å². The van der Waals surface area contributed by atoms with Gasteiger partial charge in [0.2, 0.25) is 0 Å². The predicted molar refractivity (Wildman–Crippen MR) is 82.4 cm³/mol. The smallest absolute Gasteiger partial charge is 0.251 e. The highest BCUT2D eigenvalue weighted by molar-refractivity contribution is 6.32. The molecule has 4 nitrogen and oxygen atoms in total. The largest absolute Gasteiger partial charge is 0.506 e. The minimum Gasteiger partial charge on any atom is -0.506 e. The van der Waals surface area contributed by atoms with Gasteiger partial charge in [0.25, 0.3) is 5.91 Å². The quantitative estimate of drug-likeness (QED) is 0.849. The third-order valence-corrected chi connectivity index (χ3v) is 3.49. The second-order valence-corrected chi connectivity index (χ2v) is 5.75. The van der Waals surface area contributed by atoms with Gasteiger partial charge in [0.1, 0.15) is 5.75 Å². The second-order valence-electron chi connectivity index (χ2n) is 5.35. The molecule has 5 heteroatoms. The van der Waals surface area contributed by atoms with Crippen LogP contribution >= 0.6 is 11.6 Å². The molecule has 2 N–H and O–H groups in total. The van der Waals surface area contributed by atoms with Crippen molar-refractivity contribution in [3.8, 4) is 5.75 Å². The SMILES string of the molecule is CC(C)N(CCNC(=O)c1ccc(O)c(Cl)c1)C(C)C. The maximum absolute atomic E-state index is 12.0. The van der Waals surface area contributed by atoms with Crippen LogP contribution in [-0.2, 0) is 0 Å². The maximum Gasteiger partial charge on any atom is 0.251 e. The number of amides is 1. The summed E-state index contributed by atoms with van der Waals surface area (Å²) in [6.45, 7) is 9.94. The summed E-state index contributed by atoms with van der Waals surface area (Å²) in [5.41, 5.74) is 0.452. The number of phenols is 1. The zero-order valence-electron chi connectivity index (χ0n) is 12.5. The molecule has 0 spiro atoms. The topological polar surface area (TPSA) is 52.6 Å². The van der Waals surface area contributed by atoms with Crippen molar-refractivity contribution in [1.82, 2.24) is 10.2 Å². The van der Waals surface area contributed by atoms with Crippen LogP contribution in [0.4, 0.5) is 0 Å². The predicted octanol–water partition coefficient (Wildman–Crippen LogP) is 2.89. The molecule has 0 saturated heterocycles. The highest BCUT2D eigenvalue weighted by atomic mass is 35.5. The molecule has 0 aliphatic heterocycles. The number of hydrogen-bond donors (Lipinski definition) is 2. The summed E-state index contributed by atoms with van der Waals surface area (Å²) < 4.78 is 0. The van der Waals surface area contributed by atoms with Crippen LogP contribution in [-0.4, -0.2) is 41.1 Å². The lowest BCUT2D eigenvalue weighted by atomic mass is 10.2.